The Labute approximate surface area is 160 Å². The minimum Gasteiger partial charge on any atom is -0.390 e. The minimum absolute atomic E-state index is 0.00621. The smallest absolute Gasteiger partial charge is 0.244 e. The highest BCUT2D eigenvalue weighted by molar-refractivity contribution is 7.92. The average molecular weight is 410 g/mol. The van der Waals surface area contributed by atoms with E-state index >= 15 is 0 Å². The number of hydrogen-bond donors (Lipinski definition) is 1. The second-order valence-corrected chi connectivity index (χ2v) is 11.0. The fourth-order valence-corrected chi connectivity index (χ4v) is 7.19. The second kappa shape index (κ2) is 7.35. The van der Waals surface area contributed by atoms with Crippen LogP contribution in [0.3, 0.4) is 0 Å². The molecule has 0 amide bonds. The maximum Gasteiger partial charge on any atom is 0.244 e. The summed E-state index contributed by atoms with van der Waals surface area (Å²) in [7, 11) is -7.50. The van der Waals surface area contributed by atoms with Crippen LogP contribution in [0.2, 0.25) is 0 Å². The summed E-state index contributed by atoms with van der Waals surface area (Å²) in [4.78, 5) is 0.125. The third-order valence-corrected chi connectivity index (χ3v) is 8.49. The van der Waals surface area contributed by atoms with Gasteiger partial charge in [-0.1, -0.05) is 48.0 Å². The summed E-state index contributed by atoms with van der Waals surface area (Å²) in [6.45, 7) is 3.58. The van der Waals surface area contributed by atoms with Crippen LogP contribution >= 0.6 is 0 Å². The van der Waals surface area contributed by atoms with Gasteiger partial charge in [0.15, 0.2) is 9.84 Å². The van der Waals surface area contributed by atoms with Crippen LogP contribution < -0.4 is 0 Å². The lowest BCUT2D eigenvalue weighted by molar-refractivity contribution is 0.125. The number of sulfonamides is 1. The summed E-state index contributed by atoms with van der Waals surface area (Å²) in [5.41, 5.74) is 2.25. The largest absolute Gasteiger partial charge is 0.390 e. The molecule has 1 N–H and O–H groups in total. The summed E-state index contributed by atoms with van der Waals surface area (Å²) in [6.07, 6.45) is -1.25. The topological polar surface area (TPSA) is 91.8 Å². The standard InChI is InChI=1S/C19H23NO5S2/c1-14-8-9-19(15(2)10-14)27(24,25)20(11-16-6-4-3-5-7-16)17-12-26(22,23)13-18(17)21/h3-10,17-18,21H,11-13H2,1-2H3/t17-,18+/m0/s1. The first-order valence-electron chi connectivity index (χ1n) is 8.62. The molecule has 0 aromatic heterocycles. The van der Waals surface area contributed by atoms with E-state index in [-0.39, 0.29) is 17.2 Å². The Morgan fingerprint density at radius 2 is 1.74 bits per heavy atom. The highest BCUT2D eigenvalue weighted by Gasteiger charge is 2.45. The number of aryl methyl sites for hydroxylation is 2. The summed E-state index contributed by atoms with van der Waals surface area (Å²) in [5.74, 6) is -0.809. The van der Waals surface area contributed by atoms with E-state index in [9.17, 15) is 21.9 Å². The normalized spacial score (nSPS) is 22.2. The highest BCUT2D eigenvalue weighted by atomic mass is 32.2. The van der Waals surface area contributed by atoms with Gasteiger partial charge in [-0.3, -0.25) is 0 Å². The van der Waals surface area contributed by atoms with Crippen LogP contribution in [0.4, 0.5) is 0 Å². The second-order valence-electron chi connectivity index (χ2n) is 7.02. The average Bonchev–Trinajstić information content (AvgIpc) is 2.85. The molecule has 2 aromatic carbocycles. The Kier molecular flexibility index (Phi) is 5.45. The fourth-order valence-electron chi connectivity index (χ4n) is 3.44. The summed E-state index contributed by atoms with van der Waals surface area (Å²) in [5, 5.41) is 10.3. The van der Waals surface area contributed by atoms with E-state index in [1.165, 1.54) is 6.07 Å². The minimum atomic E-state index is -4.00. The van der Waals surface area contributed by atoms with E-state index < -0.39 is 37.8 Å². The molecule has 146 valence electrons. The Bertz CT molecular complexity index is 1030. The molecule has 2 atom stereocenters. The van der Waals surface area contributed by atoms with Gasteiger partial charge in [0, 0.05) is 6.54 Å². The molecule has 1 fully saturated rings. The van der Waals surface area contributed by atoms with Crippen LogP contribution in [0.15, 0.2) is 53.4 Å². The Balaban J connectivity index is 2.08. The molecule has 0 radical (unpaired) electrons. The molecule has 3 rings (SSSR count). The third kappa shape index (κ3) is 4.24. The molecular formula is C19H23NO5S2. The number of sulfone groups is 1. The van der Waals surface area contributed by atoms with Crippen molar-refractivity contribution in [3.8, 4) is 0 Å². The molecule has 1 heterocycles. The molecule has 27 heavy (non-hydrogen) atoms. The van der Waals surface area contributed by atoms with E-state index in [1.54, 1.807) is 43.3 Å². The molecule has 0 bridgehead atoms. The predicted octanol–water partition coefficient (Wildman–Crippen LogP) is 1.65. The van der Waals surface area contributed by atoms with Crippen molar-refractivity contribution in [1.29, 1.82) is 0 Å². The van der Waals surface area contributed by atoms with E-state index in [2.05, 4.69) is 0 Å². The molecule has 1 aliphatic heterocycles. The van der Waals surface area contributed by atoms with Crippen LogP contribution in [-0.4, -0.2) is 49.9 Å². The van der Waals surface area contributed by atoms with Gasteiger partial charge >= 0.3 is 0 Å². The number of aliphatic hydroxyl groups is 1. The van der Waals surface area contributed by atoms with E-state index in [1.807, 2.05) is 13.0 Å². The van der Waals surface area contributed by atoms with Crippen molar-refractivity contribution < 1.29 is 21.9 Å². The predicted molar refractivity (Wildman–Crippen MR) is 104 cm³/mol. The highest BCUT2D eigenvalue weighted by Crippen LogP contribution is 2.29. The molecule has 0 saturated carbocycles. The van der Waals surface area contributed by atoms with Crippen molar-refractivity contribution in [2.45, 2.75) is 37.4 Å². The van der Waals surface area contributed by atoms with Crippen molar-refractivity contribution in [2.24, 2.45) is 0 Å². The van der Waals surface area contributed by atoms with Crippen LogP contribution in [0.25, 0.3) is 0 Å². The quantitative estimate of drug-likeness (QED) is 0.811. The lowest BCUT2D eigenvalue weighted by Crippen LogP contribution is -2.46. The molecule has 6 nitrogen and oxygen atoms in total. The number of rotatable bonds is 5. The molecular weight excluding hydrogens is 386 g/mol. The van der Waals surface area contributed by atoms with Crippen LogP contribution in [0, 0.1) is 13.8 Å². The van der Waals surface area contributed by atoms with E-state index in [4.69, 9.17) is 0 Å². The first-order valence-corrected chi connectivity index (χ1v) is 11.9. The monoisotopic (exact) mass is 409 g/mol. The van der Waals surface area contributed by atoms with Gasteiger partial charge in [0.1, 0.15) is 0 Å². The third-order valence-electron chi connectivity index (χ3n) is 4.76. The van der Waals surface area contributed by atoms with Gasteiger partial charge in [0.2, 0.25) is 10.0 Å². The van der Waals surface area contributed by atoms with Gasteiger partial charge in [0.05, 0.1) is 28.5 Å². The van der Waals surface area contributed by atoms with Gasteiger partial charge in [0.25, 0.3) is 0 Å². The summed E-state index contributed by atoms with van der Waals surface area (Å²) in [6, 6.07) is 13.0. The summed E-state index contributed by atoms with van der Waals surface area (Å²) >= 11 is 0. The van der Waals surface area contributed by atoms with Crippen LogP contribution in [0.1, 0.15) is 16.7 Å². The molecule has 0 aliphatic carbocycles. The van der Waals surface area contributed by atoms with Crippen molar-refractivity contribution in [1.82, 2.24) is 4.31 Å². The van der Waals surface area contributed by atoms with Gasteiger partial charge in [-0.15, -0.1) is 0 Å². The number of benzene rings is 2. The van der Waals surface area contributed by atoms with Gasteiger partial charge in [-0.25, -0.2) is 16.8 Å². The molecule has 0 spiro atoms. The SMILES string of the molecule is Cc1ccc(S(=O)(=O)N(Cc2ccccc2)[C@H]2CS(=O)(=O)C[C@H]2O)c(C)c1. The Morgan fingerprint density at radius 1 is 1.07 bits per heavy atom. The van der Waals surface area contributed by atoms with Crippen LogP contribution in [-0.2, 0) is 26.4 Å². The van der Waals surface area contributed by atoms with Crippen LogP contribution in [0.5, 0.6) is 0 Å². The Hall–Kier alpha value is -1.74. The Morgan fingerprint density at radius 3 is 2.30 bits per heavy atom. The maximum absolute atomic E-state index is 13.4. The van der Waals surface area contributed by atoms with Gasteiger partial charge < -0.3 is 5.11 Å². The van der Waals surface area contributed by atoms with Crippen molar-refractivity contribution in [3.63, 3.8) is 0 Å². The van der Waals surface area contributed by atoms with Crippen molar-refractivity contribution in [3.05, 3.63) is 65.2 Å². The molecule has 2 aromatic rings. The maximum atomic E-state index is 13.4. The van der Waals surface area contributed by atoms with E-state index in [0.717, 1.165) is 15.4 Å². The zero-order chi connectivity index (χ0) is 19.8. The molecule has 1 aliphatic rings. The molecule has 0 unspecified atom stereocenters. The van der Waals surface area contributed by atoms with Gasteiger partial charge in [-0.05, 0) is 31.0 Å². The molecule has 8 heteroatoms. The first-order chi connectivity index (χ1) is 12.6. The van der Waals surface area contributed by atoms with Crippen molar-refractivity contribution in [2.75, 3.05) is 11.5 Å². The van der Waals surface area contributed by atoms with Crippen molar-refractivity contribution >= 4 is 19.9 Å². The zero-order valence-electron chi connectivity index (χ0n) is 15.2. The lowest BCUT2D eigenvalue weighted by Gasteiger charge is -2.30. The number of aliphatic hydroxyl groups excluding tert-OH is 1. The lowest BCUT2D eigenvalue weighted by atomic mass is 10.2. The van der Waals surface area contributed by atoms with Gasteiger partial charge in [-0.2, -0.15) is 4.31 Å². The summed E-state index contributed by atoms with van der Waals surface area (Å²) < 4.78 is 52.0. The zero-order valence-corrected chi connectivity index (χ0v) is 16.9. The first kappa shape index (κ1) is 20.0. The van der Waals surface area contributed by atoms with E-state index in [0.29, 0.717) is 5.56 Å². The number of nitrogens with zero attached hydrogens (tertiary/aromatic N) is 1. The molecule has 1 saturated heterocycles. The number of hydrogen-bond acceptors (Lipinski definition) is 5. The fraction of sp³-hybridized carbons (Fsp3) is 0.368.